The summed E-state index contributed by atoms with van der Waals surface area (Å²) in [5.41, 5.74) is 1.61. The van der Waals surface area contributed by atoms with Gasteiger partial charge in [0.15, 0.2) is 6.10 Å². The molecule has 0 aromatic heterocycles. The Kier molecular flexibility index (Phi) is 6.18. The minimum absolute atomic E-state index is 0.220. The van der Waals surface area contributed by atoms with E-state index >= 15 is 0 Å². The molecule has 1 unspecified atom stereocenters. The van der Waals surface area contributed by atoms with Crippen LogP contribution in [0, 0.1) is 0 Å². The number of cyclic esters (lactones) is 1. The summed E-state index contributed by atoms with van der Waals surface area (Å²) < 4.78 is 6.18. The molecule has 0 aliphatic carbocycles. The van der Waals surface area contributed by atoms with Gasteiger partial charge in [-0.2, -0.15) is 0 Å². The van der Waals surface area contributed by atoms with Crippen molar-refractivity contribution in [1.29, 1.82) is 0 Å². The number of unbranched alkanes of at least 4 members (excludes halogenated alkanes) is 3. The third kappa shape index (κ3) is 4.53. The summed E-state index contributed by atoms with van der Waals surface area (Å²) in [6, 6.07) is 9.63. The van der Waals surface area contributed by atoms with Gasteiger partial charge in [0.05, 0.1) is 22.0 Å². The van der Waals surface area contributed by atoms with Gasteiger partial charge in [0.25, 0.3) is 0 Å². The average Bonchev–Trinajstić information content (AvgIpc) is 2.77. The molecule has 2 rings (SSSR count). The summed E-state index contributed by atoms with van der Waals surface area (Å²) in [4.78, 5) is 16.2. The summed E-state index contributed by atoms with van der Waals surface area (Å²) in [6.45, 7) is 2.18. The lowest BCUT2D eigenvalue weighted by atomic mass is 10.1. The second-order valence-electron chi connectivity index (χ2n) is 5.08. The Morgan fingerprint density at radius 1 is 1.24 bits per heavy atom. The second-order valence-corrected chi connectivity index (χ2v) is 5.93. The van der Waals surface area contributed by atoms with Crippen molar-refractivity contribution in [3.8, 4) is 0 Å². The van der Waals surface area contributed by atoms with Gasteiger partial charge in [0.1, 0.15) is 0 Å². The first-order valence-electron chi connectivity index (χ1n) is 7.41. The highest BCUT2D eigenvalue weighted by atomic mass is 79.9. The van der Waals surface area contributed by atoms with Crippen molar-refractivity contribution < 1.29 is 9.53 Å². The smallest absolute Gasteiger partial charge is 0.335 e. The maximum atomic E-state index is 11.9. The number of carbonyl (C=O) groups is 1. The number of carbonyl (C=O) groups excluding carboxylic acids is 1. The lowest BCUT2D eigenvalue weighted by Crippen LogP contribution is -2.10. The van der Waals surface area contributed by atoms with E-state index in [-0.39, 0.29) is 12.1 Å². The van der Waals surface area contributed by atoms with E-state index in [1.54, 1.807) is 6.21 Å². The Labute approximate surface area is 134 Å². The predicted octanol–water partition coefficient (Wildman–Crippen LogP) is 4.93. The second kappa shape index (κ2) is 8.13. The molecular formula is C17H20BrNO2. The fraction of sp³-hybridized carbons (Fsp3) is 0.412. The van der Waals surface area contributed by atoms with E-state index in [9.17, 15) is 4.79 Å². The fourth-order valence-electron chi connectivity index (χ4n) is 2.22. The lowest BCUT2D eigenvalue weighted by Gasteiger charge is -2.03. The standard InChI is InChI=1S/C17H20BrNO2/c1-2-3-4-8-11-14-16(18)15(21-17(14)20)12-19-13-9-6-5-7-10-13/h5-7,9-10,12,15H,2-4,8,11H2,1H3. The van der Waals surface area contributed by atoms with E-state index in [4.69, 9.17) is 4.74 Å². The van der Waals surface area contributed by atoms with Gasteiger partial charge >= 0.3 is 5.97 Å². The van der Waals surface area contributed by atoms with Crippen LogP contribution in [-0.4, -0.2) is 18.3 Å². The molecule has 0 N–H and O–H groups in total. The topological polar surface area (TPSA) is 38.7 Å². The number of rotatable bonds is 7. The van der Waals surface area contributed by atoms with Crippen LogP contribution in [-0.2, 0) is 9.53 Å². The number of ether oxygens (including phenoxy) is 1. The number of halogens is 1. The van der Waals surface area contributed by atoms with Crippen LogP contribution in [0.4, 0.5) is 5.69 Å². The molecular weight excluding hydrogens is 330 g/mol. The molecule has 1 aromatic carbocycles. The molecule has 1 atom stereocenters. The lowest BCUT2D eigenvalue weighted by molar-refractivity contribution is -0.137. The molecule has 0 spiro atoms. The number of aliphatic imine (C=N–C) groups is 1. The Hall–Kier alpha value is -1.42. The SMILES string of the molecule is CCCCCCC1=C(Br)C(C=Nc2ccccc2)OC1=O. The minimum Gasteiger partial charge on any atom is -0.448 e. The van der Waals surface area contributed by atoms with Crippen LogP contribution >= 0.6 is 15.9 Å². The van der Waals surface area contributed by atoms with Gasteiger partial charge < -0.3 is 4.74 Å². The Morgan fingerprint density at radius 3 is 2.71 bits per heavy atom. The number of esters is 1. The maximum Gasteiger partial charge on any atom is 0.335 e. The Bertz CT molecular complexity index is 537. The van der Waals surface area contributed by atoms with Crippen LogP contribution in [0.5, 0.6) is 0 Å². The maximum absolute atomic E-state index is 11.9. The zero-order valence-electron chi connectivity index (χ0n) is 12.2. The summed E-state index contributed by atoms with van der Waals surface area (Å²) in [5, 5.41) is 0. The van der Waals surface area contributed by atoms with Gasteiger partial charge in [0.2, 0.25) is 0 Å². The van der Waals surface area contributed by atoms with Crippen molar-refractivity contribution in [3.05, 3.63) is 40.4 Å². The van der Waals surface area contributed by atoms with Crippen molar-refractivity contribution in [2.24, 2.45) is 4.99 Å². The molecule has 21 heavy (non-hydrogen) atoms. The van der Waals surface area contributed by atoms with Crippen LogP contribution in [0.1, 0.15) is 39.0 Å². The summed E-state index contributed by atoms with van der Waals surface area (Å²) in [7, 11) is 0. The van der Waals surface area contributed by atoms with E-state index in [1.807, 2.05) is 30.3 Å². The van der Waals surface area contributed by atoms with Gasteiger partial charge in [-0.3, -0.25) is 4.99 Å². The first-order chi connectivity index (χ1) is 10.2. The molecule has 1 heterocycles. The summed E-state index contributed by atoms with van der Waals surface area (Å²) in [6.07, 6.45) is 6.63. The van der Waals surface area contributed by atoms with Gasteiger partial charge in [-0.25, -0.2) is 4.79 Å². The molecule has 3 nitrogen and oxygen atoms in total. The van der Waals surface area contributed by atoms with Crippen LogP contribution < -0.4 is 0 Å². The molecule has 1 aliphatic heterocycles. The quantitative estimate of drug-likeness (QED) is 0.397. The molecule has 4 heteroatoms. The molecule has 0 fully saturated rings. The van der Waals surface area contributed by atoms with Crippen LogP contribution in [0.25, 0.3) is 0 Å². The highest BCUT2D eigenvalue weighted by Gasteiger charge is 2.30. The van der Waals surface area contributed by atoms with E-state index < -0.39 is 0 Å². The van der Waals surface area contributed by atoms with E-state index in [2.05, 4.69) is 27.8 Å². The molecule has 0 bridgehead atoms. The number of nitrogens with zero attached hydrogens (tertiary/aromatic N) is 1. The van der Waals surface area contributed by atoms with E-state index in [1.165, 1.54) is 12.8 Å². The molecule has 0 amide bonds. The van der Waals surface area contributed by atoms with Gasteiger partial charge in [-0.15, -0.1) is 0 Å². The third-order valence-corrected chi connectivity index (χ3v) is 4.34. The van der Waals surface area contributed by atoms with Gasteiger partial charge in [-0.1, -0.05) is 60.3 Å². The molecule has 1 aromatic rings. The Morgan fingerprint density at radius 2 is 2.00 bits per heavy atom. The molecule has 0 saturated carbocycles. The first kappa shape index (κ1) is 16.0. The first-order valence-corrected chi connectivity index (χ1v) is 8.20. The van der Waals surface area contributed by atoms with Crippen molar-refractivity contribution in [2.75, 3.05) is 0 Å². The molecule has 112 valence electrons. The number of para-hydroxylation sites is 1. The molecule has 0 radical (unpaired) electrons. The van der Waals surface area contributed by atoms with Crippen molar-refractivity contribution in [2.45, 2.75) is 45.1 Å². The largest absolute Gasteiger partial charge is 0.448 e. The normalized spacial score (nSPS) is 18.6. The van der Waals surface area contributed by atoms with E-state index in [0.717, 1.165) is 35.0 Å². The third-order valence-electron chi connectivity index (χ3n) is 3.41. The minimum atomic E-state index is -0.390. The predicted molar refractivity (Wildman–Crippen MR) is 89.2 cm³/mol. The summed E-state index contributed by atoms with van der Waals surface area (Å²) >= 11 is 3.50. The van der Waals surface area contributed by atoms with Crippen molar-refractivity contribution in [1.82, 2.24) is 0 Å². The summed E-state index contributed by atoms with van der Waals surface area (Å²) in [5.74, 6) is -0.220. The zero-order chi connectivity index (χ0) is 15.1. The zero-order valence-corrected chi connectivity index (χ0v) is 13.8. The fourth-order valence-corrected chi connectivity index (χ4v) is 2.79. The number of hydrogen-bond donors (Lipinski definition) is 0. The van der Waals surface area contributed by atoms with Crippen LogP contribution in [0.15, 0.2) is 45.4 Å². The van der Waals surface area contributed by atoms with Crippen LogP contribution in [0.2, 0.25) is 0 Å². The monoisotopic (exact) mass is 349 g/mol. The van der Waals surface area contributed by atoms with Crippen LogP contribution in [0.3, 0.4) is 0 Å². The van der Waals surface area contributed by atoms with Crippen molar-refractivity contribution >= 4 is 33.8 Å². The molecule has 1 aliphatic rings. The van der Waals surface area contributed by atoms with Gasteiger partial charge in [0, 0.05) is 0 Å². The van der Waals surface area contributed by atoms with Crippen molar-refractivity contribution in [3.63, 3.8) is 0 Å². The Balaban J connectivity index is 1.97. The highest BCUT2D eigenvalue weighted by molar-refractivity contribution is 9.11. The van der Waals surface area contributed by atoms with E-state index in [0.29, 0.717) is 0 Å². The molecule has 0 saturated heterocycles. The number of benzene rings is 1. The average molecular weight is 350 g/mol. The highest BCUT2D eigenvalue weighted by Crippen LogP contribution is 2.30. The number of hydrogen-bond acceptors (Lipinski definition) is 3. The van der Waals surface area contributed by atoms with Gasteiger partial charge in [-0.05, 0) is 25.0 Å².